The molecule has 11 rings (SSSR count). The molecule has 6 nitrogen and oxygen atoms in total. The first-order chi connectivity index (χ1) is 25.3. The highest BCUT2D eigenvalue weighted by Gasteiger charge is 2.22. The summed E-state index contributed by atoms with van der Waals surface area (Å²) in [5.41, 5.74) is 9.01. The highest BCUT2D eigenvalue weighted by Crippen LogP contribution is 2.42. The molecule has 0 N–H and O–H groups in total. The highest BCUT2D eigenvalue weighted by molar-refractivity contribution is 6.21. The molecule has 0 amide bonds. The molecule has 0 saturated carbocycles. The number of hydrogen-bond acceptors (Lipinski definition) is 4. The molecule has 0 aliphatic rings. The molecule has 0 spiro atoms. The maximum absolute atomic E-state index is 6.42. The van der Waals surface area contributed by atoms with Gasteiger partial charge in [-0.15, -0.1) is 0 Å². The van der Waals surface area contributed by atoms with Crippen molar-refractivity contribution in [3.05, 3.63) is 164 Å². The fourth-order valence-corrected chi connectivity index (χ4v) is 7.66. The topological polar surface area (TPSA) is 61.7 Å². The zero-order valence-electron chi connectivity index (χ0n) is 27.2. The van der Waals surface area contributed by atoms with Gasteiger partial charge in [0.2, 0.25) is 5.95 Å². The Balaban J connectivity index is 1.27. The van der Waals surface area contributed by atoms with Gasteiger partial charge in [-0.3, -0.25) is 4.57 Å². The van der Waals surface area contributed by atoms with Gasteiger partial charge < -0.3 is 8.98 Å². The van der Waals surface area contributed by atoms with E-state index in [0.29, 0.717) is 17.6 Å². The van der Waals surface area contributed by atoms with Crippen LogP contribution in [0.4, 0.5) is 0 Å². The number of rotatable bonds is 4. The van der Waals surface area contributed by atoms with Crippen molar-refractivity contribution >= 4 is 65.6 Å². The SMILES string of the molecule is c1ccc(-c2nc(-c3ccccc3)nc(-n3c4ccccc4c4cc5c(cc43)c3cc4oc6ccccc6c4cc3n5-c3ccccc3)n2)cc1. The molecule has 11 aromatic rings. The normalized spacial score (nSPS) is 11.9. The standard InChI is InChI=1S/C45H27N5O/c1-4-14-28(15-5-1)43-46-44(29-16-6-2-7-17-29)48-45(47-43)50-37-22-12-10-20-31(37)33-24-38-34(25-40(33)50)35-27-42-36(32-21-11-13-23-41(32)51-42)26-39(35)49(38)30-18-8-3-9-19-30/h1-27H. The van der Waals surface area contributed by atoms with Crippen molar-refractivity contribution in [3.8, 4) is 34.4 Å². The fourth-order valence-electron chi connectivity index (χ4n) is 7.66. The number of benzene rings is 7. The number of hydrogen-bond donors (Lipinski definition) is 0. The van der Waals surface area contributed by atoms with E-state index < -0.39 is 0 Å². The molecule has 51 heavy (non-hydrogen) atoms. The Morgan fingerprint density at radius 2 is 0.863 bits per heavy atom. The predicted octanol–water partition coefficient (Wildman–Crippen LogP) is 11.3. The van der Waals surface area contributed by atoms with Gasteiger partial charge in [-0.05, 0) is 48.5 Å². The minimum absolute atomic E-state index is 0.569. The van der Waals surface area contributed by atoms with Crippen LogP contribution >= 0.6 is 0 Å². The zero-order valence-corrected chi connectivity index (χ0v) is 27.2. The fraction of sp³-hybridized carbons (Fsp3) is 0. The first-order valence-electron chi connectivity index (χ1n) is 17.0. The lowest BCUT2D eigenvalue weighted by Gasteiger charge is -2.11. The lowest BCUT2D eigenvalue weighted by Crippen LogP contribution is -2.06. The van der Waals surface area contributed by atoms with E-state index >= 15 is 0 Å². The largest absolute Gasteiger partial charge is 0.456 e. The lowest BCUT2D eigenvalue weighted by atomic mass is 10.1. The van der Waals surface area contributed by atoms with Crippen molar-refractivity contribution in [1.82, 2.24) is 24.1 Å². The molecule has 238 valence electrons. The van der Waals surface area contributed by atoms with Gasteiger partial charge in [0.05, 0.1) is 22.1 Å². The van der Waals surface area contributed by atoms with E-state index in [4.69, 9.17) is 19.4 Å². The van der Waals surface area contributed by atoms with Gasteiger partial charge in [-0.2, -0.15) is 9.97 Å². The van der Waals surface area contributed by atoms with E-state index in [1.165, 1.54) is 0 Å². The van der Waals surface area contributed by atoms with Crippen LogP contribution in [0.1, 0.15) is 0 Å². The second-order valence-electron chi connectivity index (χ2n) is 12.9. The van der Waals surface area contributed by atoms with Crippen LogP contribution in [0.5, 0.6) is 0 Å². The molecule has 0 atom stereocenters. The van der Waals surface area contributed by atoms with Crippen LogP contribution in [0, 0.1) is 0 Å². The van der Waals surface area contributed by atoms with Gasteiger partial charge in [0.1, 0.15) is 11.2 Å². The Morgan fingerprint density at radius 1 is 0.353 bits per heavy atom. The first-order valence-corrected chi connectivity index (χ1v) is 17.0. The van der Waals surface area contributed by atoms with E-state index in [9.17, 15) is 0 Å². The van der Waals surface area contributed by atoms with Crippen molar-refractivity contribution in [3.63, 3.8) is 0 Å². The molecule has 7 aromatic carbocycles. The summed E-state index contributed by atoms with van der Waals surface area (Å²) in [6.45, 7) is 0. The van der Waals surface area contributed by atoms with E-state index in [1.54, 1.807) is 0 Å². The van der Waals surface area contributed by atoms with Crippen LogP contribution < -0.4 is 0 Å². The van der Waals surface area contributed by atoms with Gasteiger partial charge >= 0.3 is 0 Å². The Hall–Kier alpha value is -7.05. The van der Waals surface area contributed by atoms with Crippen LogP contribution in [0.3, 0.4) is 0 Å². The Morgan fingerprint density at radius 3 is 1.55 bits per heavy atom. The second-order valence-corrected chi connectivity index (χ2v) is 12.9. The Kier molecular flexibility index (Phi) is 5.86. The summed E-state index contributed by atoms with van der Waals surface area (Å²) < 4.78 is 11.0. The van der Waals surface area contributed by atoms with Gasteiger partial charge in [0.15, 0.2) is 11.6 Å². The maximum Gasteiger partial charge on any atom is 0.238 e. The summed E-state index contributed by atoms with van der Waals surface area (Å²) in [7, 11) is 0. The number of furan rings is 1. The van der Waals surface area contributed by atoms with E-state index in [2.05, 4.69) is 100 Å². The van der Waals surface area contributed by atoms with E-state index in [-0.39, 0.29) is 0 Å². The summed E-state index contributed by atoms with van der Waals surface area (Å²) in [5.74, 6) is 1.82. The molecule has 4 heterocycles. The molecule has 0 aliphatic heterocycles. The van der Waals surface area contributed by atoms with E-state index in [1.807, 2.05) is 72.8 Å². The molecule has 4 aromatic heterocycles. The zero-order chi connectivity index (χ0) is 33.5. The minimum Gasteiger partial charge on any atom is -0.456 e. The maximum atomic E-state index is 6.42. The van der Waals surface area contributed by atoms with Crippen LogP contribution in [-0.4, -0.2) is 24.1 Å². The molecule has 0 fully saturated rings. The monoisotopic (exact) mass is 653 g/mol. The smallest absolute Gasteiger partial charge is 0.238 e. The summed E-state index contributed by atoms with van der Waals surface area (Å²) >= 11 is 0. The lowest BCUT2D eigenvalue weighted by molar-refractivity contribution is 0.669. The number of aromatic nitrogens is 5. The van der Waals surface area contributed by atoms with Crippen molar-refractivity contribution < 1.29 is 4.42 Å². The van der Waals surface area contributed by atoms with Crippen molar-refractivity contribution in [1.29, 1.82) is 0 Å². The van der Waals surface area contributed by atoms with Crippen molar-refractivity contribution in [2.24, 2.45) is 0 Å². The summed E-state index contributed by atoms with van der Waals surface area (Å²) in [4.78, 5) is 15.3. The van der Waals surface area contributed by atoms with Crippen LogP contribution in [0.2, 0.25) is 0 Å². The second kappa shape index (κ2) is 10.7. The van der Waals surface area contributed by atoms with Crippen LogP contribution in [-0.2, 0) is 0 Å². The summed E-state index contributed by atoms with van der Waals surface area (Å²) in [6.07, 6.45) is 0. The molecule has 0 saturated heterocycles. The first kappa shape index (κ1) is 27.9. The van der Waals surface area contributed by atoms with Gasteiger partial charge in [-0.1, -0.05) is 115 Å². The molecule has 0 unspecified atom stereocenters. The minimum atomic E-state index is 0.569. The van der Waals surface area contributed by atoms with Crippen LogP contribution in [0.25, 0.3) is 100.0 Å². The predicted molar refractivity (Wildman–Crippen MR) is 207 cm³/mol. The third kappa shape index (κ3) is 4.20. The Bertz CT molecular complexity index is 3060. The third-order valence-electron chi connectivity index (χ3n) is 9.96. The Labute approximate surface area is 291 Å². The number of nitrogens with zero attached hydrogens (tertiary/aromatic N) is 5. The quantitative estimate of drug-likeness (QED) is 0.190. The van der Waals surface area contributed by atoms with Gasteiger partial charge in [0.25, 0.3) is 0 Å². The average Bonchev–Trinajstić information content (AvgIpc) is 3.83. The molecular formula is C45H27N5O. The number of fused-ring (bicyclic) bond motifs is 9. The van der Waals surface area contributed by atoms with Crippen LogP contribution in [0.15, 0.2) is 168 Å². The average molecular weight is 654 g/mol. The van der Waals surface area contributed by atoms with Crippen molar-refractivity contribution in [2.45, 2.75) is 0 Å². The van der Waals surface area contributed by atoms with Gasteiger partial charge in [-0.25, -0.2) is 4.98 Å². The molecule has 6 heteroatoms. The highest BCUT2D eigenvalue weighted by atomic mass is 16.3. The van der Waals surface area contributed by atoms with E-state index in [0.717, 1.165) is 82.4 Å². The van der Waals surface area contributed by atoms with Crippen molar-refractivity contribution in [2.75, 3.05) is 0 Å². The van der Waals surface area contributed by atoms with Gasteiger partial charge in [0, 0.05) is 49.1 Å². The third-order valence-corrected chi connectivity index (χ3v) is 9.96. The molecule has 0 bridgehead atoms. The molecule has 0 radical (unpaired) electrons. The molecule has 0 aliphatic carbocycles. The molecular weight excluding hydrogens is 627 g/mol. The number of para-hydroxylation sites is 3. The summed E-state index contributed by atoms with van der Waals surface area (Å²) in [6, 6.07) is 56.7. The summed E-state index contributed by atoms with van der Waals surface area (Å²) in [5, 5.41) is 6.69.